The monoisotopic (exact) mass is 420 g/mol. The van der Waals surface area contributed by atoms with Crippen molar-refractivity contribution in [1.82, 2.24) is 25.1 Å². The van der Waals surface area contributed by atoms with E-state index in [1.54, 1.807) is 7.11 Å². The molecule has 0 radical (unpaired) electrons. The van der Waals surface area contributed by atoms with Gasteiger partial charge < -0.3 is 9.64 Å². The molecule has 0 amide bonds. The van der Waals surface area contributed by atoms with Crippen LogP contribution in [-0.4, -0.2) is 58.4 Å². The zero-order valence-electron chi connectivity index (χ0n) is 18.5. The van der Waals surface area contributed by atoms with Crippen LogP contribution in [0.25, 0.3) is 0 Å². The molecule has 3 aromatic rings. The van der Waals surface area contributed by atoms with E-state index in [2.05, 4.69) is 68.6 Å². The highest BCUT2D eigenvalue weighted by Crippen LogP contribution is 2.28. The third kappa shape index (κ3) is 5.22. The normalized spacial score (nSPS) is 15.7. The fraction of sp³-hybridized carbons (Fsp3) is 0.458. The number of ether oxygens (including phenoxy) is 1. The van der Waals surface area contributed by atoms with E-state index in [-0.39, 0.29) is 6.04 Å². The van der Waals surface area contributed by atoms with Gasteiger partial charge in [0.2, 0.25) is 0 Å². The minimum atomic E-state index is 0.247. The van der Waals surface area contributed by atoms with Gasteiger partial charge in [-0.2, -0.15) is 0 Å². The molecule has 2 aromatic carbocycles. The van der Waals surface area contributed by atoms with Gasteiger partial charge >= 0.3 is 0 Å². The summed E-state index contributed by atoms with van der Waals surface area (Å²) in [5.41, 5.74) is 2.47. The minimum absolute atomic E-state index is 0.247. The molecule has 2 heterocycles. The highest BCUT2D eigenvalue weighted by Gasteiger charge is 2.29. The number of aromatic nitrogens is 4. The summed E-state index contributed by atoms with van der Waals surface area (Å²) in [7, 11) is 1.70. The van der Waals surface area contributed by atoms with Gasteiger partial charge in [-0.25, -0.2) is 4.68 Å². The molecule has 1 saturated heterocycles. The van der Waals surface area contributed by atoms with Crippen LogP contribution in [0.3, 0.4) is 0 Å². The van der Waals surface area contributed by atoms with Gasteiger partial charge in [0.25, 0.3) is 0 Å². The fourth-order valence-electron chi connectivity index (χ4n) is 4.28. The second-order valence-corrected chi connectivity index (χ2v) is 8.06. The molecular weight excluding hydrogens is 388 g/mol. The average Bonchev–Trinajstić information content (AvgIpc) is 3.28. The number of unbranched alkanes of at least 4 members (excludes halogenated alkanes) is 1. The second-order valence-electron chi connectivity index (χ2n) is 8.06. The number of benzene rings is 2. The molecule has 1 aromatic heterocycles. The molecule has 0 aliphatic carbocycles. The SMILES string of the molecule is CCCC[C@@H](c1nnnn1Cc1ccccc1)N1CCN(c2ccc(OC)cc2)CC1. The molecule has 0 saturated carbocycles. The van der Waals surface area contributed by atoms with Gasteiger partial charge in [-0.3, -0.25) is 4.90 Å². The van der Waals surface area contributed by atoms with Crippen molar-refractivity contribution in [2.75, 3.05) is 38.2 Å². The van der Waals surface area contributed by atoms with Crippen LogP contribution in [0.15, 0.2) is 54.6 Å². The van der Waals surface area contributed by atoms with Crippen LogP contribution < -0.4 is 9.64 Å². The summed E-state index contributed by atoms with van der Waals surface area (Å²) in [6.45, 7) is 6.94. The number of anilines is 1. The first kappa shape index (κ1) is 21.3. The first-order chi connectivity index (χ1) is 15.3. The van der Waals surface area contributed by atoms with Crippen molar-refractivity contribution in [3.63, 3.8) is 0 Å². The summed E-state index contributed by atoms with van der Waals surface area (Å²) in [6.07, 6.45) is 3.42. The van der Waals surface area contributed by atoms with Gasteiger partial charge in [0.1, 0.15) is 5.75 Å². The lowest BCUT2D eigenvalue weighted by atomic mass is 10.1. The highest BCUT2D eigenvalue weighted by atomic mass is 16.5. The lowest BCUT2D eigenvalue weighted by Crippen LogP contribution is -2.48. The fourth-order valence-corrected chi connectivity index (χ4v) is 4.28. The quantitative estimate of drug-likeness (QED) is 0.525. The molecule has 0 bridgehead atoms. The lowest BCUT2D eigenvalue weighted by molar-refractivity contribution is 0.163. The Bertz CT molecular complexity index is 919. The Labute approximate surface area is 184 Å². The maximum atomic E-state index is 5.29. The molecule has 0 unspecified atom stereocenters. The van der Waals surface area contributed by atoms with Crippen LogP contribution in [0, 0.1) is 0 Å². The van der Waals surface area contributed by atoms with Crippen molar-refractivity contribution in [2.45, 2.75) is 38.8 Å². The van der Waals surface area contributed by atoms with E-state index in [0.29, 0.717) is 6.54 Å². The number of methoxy groups -OCH3 is 1. The first-order valence-electron chi connectivity index (χ1n) is 11.2. The van der Waals surface area contributed by atoms with Crippen LogP contribution in [0.5, 0.6) is 5.75 Å². The van der Waals surface area contributed by atoms with Crippen molar-refractivity contribution in [3.8, 4) is 5.75 Å². The molecule has 31 heavy (non-hydrogen) atoms. The molecule has 0 N–H and O–H groups in total. The van der Waals surface area contributed by atoms with E-state index < -0.39 is 0 Å². The Morgan fingerprint density at radius 3 is 2.39 bits per heavy atom. The lowest BCUT2D eigenvalue weighted by Gasteiger charge is -2.39. The molecule has 1 atom stereocenters. The molecular formula is C24H32N6O. The predicted molar refractivity (Wildman–Crippen MR) is 122 cm³/mol. The molecule has 7 heteroatoms. The standard InChI is InChI=1S/C24H32N6O/c1-3-4-10-23(24-25-26-27-30(24)19-20-8-6-5-7-9-20)29-17-15-28(16-18-29)21-11-13-22(31-2)14-12-21/h5-9,11-14,23H,3-4,10,15-19H2,1-2H3/t23-/m0/s1. The van der Waals surface area contributed by atoms with Crippen molar-refractivity contribution < 1.29 is 4.74 Å². The summed E-state index contributed by atoms with van der Waals surface area (Å²) in [6, 6.07) is 19.0. The topological polar surface area (TPSA) is 59.3 Å². The van der Waals surface area contributed by atoms with Crippen LogP contribution in [0.4, 0.5) is 5.69 Å². The summed E-state index contributed by atoms with van der Waals surface area (Å²) in [5, 5.41) is 12.8. The van der Waals surface area contributed by atoms with Gasteiger partial charge in [0.05, 0.1) is 19.7 Å². The Hall–Kier alpha value is -2.93. The maximum Gasteiger partial charge on any atom is 0.168 e. The summed E-state index contributed by atoms with van der Waals surface area (Å²) in [5.74, 6) is 1.88. The zero-order chi connectivity index (χ0) is 21.5. The third-order valence-corrected chi connectivity index (χ3v) is 6.06. The Balaban J connectivity index is 1.46. The van der Waals surface area contributed by atoms with E-state index in [1.165, 1.54) is 24.1 Å². The molecule has 1 aliphatic rings. The van der Waals surface area contributed by atoms with Crippen LogP contribution in [0.2, 0.25) is 0 Å². The number of tetrazole rings is 1. The van der Waals surface area contributed by atoms with Gasteiger partial charge in [-0.05, 0) is 46.7 Å². The smallest absolute Gasteiger partial charge is 0.168 e. The highest BCUT2D eigenvalue weighted by molar-refractivity contribution is 5.49. The van der Waals surface area contributed by atoms with Crippen molar-refractivity contribution in [3.05, 3.63) is 66.0 Å². The van der Waals surface area contributed by atoms with Crippen LogP contribution in [-0.2, 0) is 6.54 Å². The number of nitrogens with zero attached hydrogens (tertiary/aromatic N) is 6. The van der Waals surface area contributed by atoms with E-state index >= 15 is 0 Å². The zero-order valence-corrected chi connectivity index (χ0v) is 18.5. The van der Waals surface area contributed by atoms with Crippen LogP contribution >= 0.6 is 0 Å². The molecule has 1 aliphatic heterocycles. The van der Waals surface area contributed by atoms with Crippen molar-refractivity contribution in [1.29, 1.82) is 0 Å². The van der Waals surface area contributed by atoms with Gasteiger partial charge in [0.15, 0.2) is 5.82 Å². The Kier molecular flexibility index (Phi) is 7.14. The van der Waals surface area contributed by atoms with Crippen molar-refractivity contribution in [2.24, 2.45) is 0 Å². The summed E-state index contributed by atoms with van der Waals surface area (Å²) >= 11 is 0. The summed E-state index contributed by atoms with van der Waals surface area (Å²) in [4.78, 5) is 5.00. The van der Waals surface area contributed by atoms with Gasteiger partial charge in [-0.15, -0.1) is 5.10 Å². The van der Waals surface area contributed by atoms with E-state index in [9.17, 15) is 0 Å². The summed E-state index contributed by atoms with van der Waals surface area (Å²) < 4.78 is 7.27. The average molecular weight is 421 g/mol. The van der Waals surface area contributed by atoms with Gasteiger partial charge in [0, 0.05) is 31.9 Å². The first-order valence-corrected chi connectivity index (χ1v) is 11.2. The van der Waals surface area contributed by atoms with Crippen molar-refractivity contribution >= 4 is 5.69 Å². The number of piperazine rings is 1. The van der Waals surface area contributed by atoms with E-state index in [4.69, 9.17) is 4.74 Å². The molecule has 164 valence electrons. The number of hydrogen-bond acceptors (Lipinski definition) is 6. The Morgan fingerprint density at radius 1 is 0.968 bits per heavy atom. The van der Waals surface area contributed by atoms with Gasteiger partial charge in [-0.1, -0.05) is 50.1 Å². The van der Waals surface area contributed by atoms with E-state index in [1.807, 2.05) is 22.9 Å². The maximum absolute atomic E-state index is 5.29. The molecule has 1 fully saturated rings. The third-order valence-electron chi connectivity index (χ3n) is 6.06. The number of rotatable bonds is 9. The minimum Gasteiger partial charge on any atom is -0.497 e. The molecule has 7 nitrogen and oxygen atoms in total. The molecule has 4 rings (SSSR count). The Morgan fingerprint density at radius 2 is 1.71 bits per heavy atom. The molecule has 0 spiro atoms. The predicted octanol–water partition coefficient (Wildman–Crippen LogP) is 3.78. The largest absolute Gasteiger partial charge is 0.497 e. The van der Waals surface area contributed by atoms with Crippen LogP contribution in [0.1, 0.15) is 43.6 Å². The second kappa shape index (κ2) is 10.4. The number of hydrogen-bond donors (Lipinski definition) is 0. The van der Waals surface area contributed by atoms with E-state index in [0.717, 1.165) is 44.2 Å².